The van der Waals surface area contributed by atoms with Crippen LogP contribution in [0.2, 0.25) is 10.0 Å². The van der Waals surface area contributed by atoms with E-state index in [1.165, 1.54) is 30.6 Å². The van der Waals surface area contributed by atoms with E-state index in [9.17, 15) is 22.0 Å². The average molecular weight is 632 g/mol. The van der Waals surface area contributed by atoms with Crippen molar-refractivity contribution in [3.8, 4) is 11.5 Å². The first-order chi connectivity index (χ1) is 19.5. The van der Waals surface area contributed by atoms with Crippen molar-refractivity contribution in [1.29, 1.82) is 0 Å². The number of nitrogen functional groups attached to an aromatic ring is 1. The van der Waals surface area contributed by atoms with Gasteiger partial charge in [-0.15, -0.1) is 0 Å². The number of H-pyrrole nitrogens is 1. The predicted molar refractivity (Wildman–Crippen MR) is 148 cm³/mol. The fraction of sp³-hybridized carbons (Fsp3) is 0.333. The molecule has 0 aliphatic heterocycles. The lowest BCUT2D eigenvalue weighted by Gasteiger charge is -2.21. The van der Waals surface area contributed by atoms with Crippen LogP contribution >= 0.6 is 23.2 Å². The molecule has 0 spiro atoms. The molecule has 1 atom stereocenters. The van der Waals surface area contributed by atoms with Crippen LogP contribution in [0.25, 0.3) is 0 Å². The molecule has 0 amide bonds. The summed E-state index contributed by atoms with van der Waals surface area (Å²) in [4.78, 5) is 15.6. The summed E-state index contributed by atoms with van der Waals surface area (Å²) in [6, 6.07) is 10.5. The Morgan fingerprint density at radius 2 is 1.76 bits per heavy atom. The van der Waals surface area contributed by atoms with Gasteiger partial charge in [0.25, 0.3) is 0 Å². The third-order valence-electron chi connectivity index (χ3n) is 6.16. The number of aromatic amines is 1. The molecule has 0 unspecified atom stereocenters. The molecule has 3 aromatic rings. The molecule has 4 N–H and O–H groups in total. The second-order valence-electron chi connectivity index (χ2n) is 9.47. The van der Waals surface area contributed by atoms with Gasteiger partial charge >= 0.3 is 12.6 Å². The molecule has 41 heavy (non-hydrogen) atoms. The van der Waals surface area contributed by atoms with Crippen LogP contribution in [0.15, 0.2) is 54.9 Å². The van der Waals surface area contributed by atoms with Gasteiger partial charge in [0.05, 0.1) is 12.4 Å². The SMILES string of the molecule is Nc1ccc(CS(=O)(=O)NCC(=O)O[C@@H](Cc2c(Cl)c[nH+]cc2Cl)c2ccc(OC(F)F)c(OCC3CC3)c2)cc1. The largest absolute Gasteiger partial charge is 0.489 e. The summed E-state index contributed by atoms with van der Waals surface area (Å²) in [6.45, 7) is -3.41. The maximum absolute atomic E-state index is 13.0. The highest BCUT2D eigenvalue weighted by molar-refractivity contribution is 7.88. The van der Waals surface area contributed by atoms with Gasteiger partial charge in [0.1, 0.15) is 22.7 Å². The standard InChI is InChI=1S/C27H27Cl2F2N3O6S/c28-21-11-33-12-22(29)20(21)10-24(18-5-8-23(40-27(30)31)25(9-18)38-14-16-1-2-16)39-26(35)13-34-41(36,37)15-17-3-6-19(32)7-4-17/h3-9,11-12,16,24,27,34H,1-2,10,13-15,32H2/p+1/t24-/m0/s1. The number of hydrogen-bond acceptors (Lipinski definition) is 7. The monoisotopic (exact) mass is 630 g/mol. The summed E-state index contributed by atoms with van der Waals surface area (Å²) in [5.41, 5.74) is 7.42. The number of aromatic nitrogens is 1. The molecular formula is C27H28Cl2F2N3O6S+. The van der Waals surface area contributed by atoms with E-state index < -0.39 is 35.3 Å². The van der Waals surface area contributed by atoms with Crippen LogP contribution in [-0.4, -0.2) is 34.2 Å². The molecule has 1 aliphatic carbocycles. The third kappa shape index (κ3) is 9.42. The summed E-state index contributed by atoms with van der Waals surface area (Å²) in [5, 5.41) is 0.538. The van der Waals surface area contributed by atoms with Gasteiger partial charge in [-0.25, -0.2) is 18.1 Å². The van der Waals surface area contributed by atoms with Gasteiger partial charge < -0.3 is 19.9 Å². The molecule has 1 aliphatic rings. The van der Waals surface area contributed by atoms with E-state index in [2.05, 4.69) is 14.4 Å². The Hall–Kier alpha value is -3.19. The zero-order valence-electron chi connectivity index (χ0n) is 21.6. The average Bonchev–Trinajstić information content (AvgIpc) is 3.74. The normalized spacial score (nSPS) is 14.1. The highest BCUT2D eigenvalue weighted by atomic mass is 35.5. The van der Waals surface area contributed by atoms with Gasteiger partial charge in [-0.1, -0.05) is 41.4 Å². The number of benzene rings is 2. The Balaban J connectivity index is 1.54. The van der Waals surface area contributed by atoms with Crippen LogP contribution in [-0.2, 0) is 31.7 Å². The first-order valence-electron chi connectivity index (χ1n) is 12.6. The number of hydrogen-bond donors (Lipinski definition) is 2. The summed E-state index contributed by atoms with van der Waals surface area (Å²) in [6.07, 6.45) is 3.90. The van der Waals surface area contributed by atoms with Crippen LogP contribution in [0.5, 0.6) is 11.5 Å². The fourth-order valence-corrected chi connectivity index (χ4v) is 5.46. The number of rotatable bonds is 14. The number of ether oxygens (including phenoxy) is 3. The van der Waals surface area contributed by atoms with Crippen LogP contribution in [0.3, 0.4) is 0 Å². The van der Waals surface area contributed by atoms with Gasteiger partial charge in [0.2, 0.25) is 10.0 Å². The minimum Gasteiger partial charge on any atom is -0.489 e. The van der Waals surface area contributed by atoms with Crippen molar-refractivity contribution < 1.29 is 41.2 Å². The second-order valence-corrected chi connectivity index (χ2v) is 12.1. The van der Waals surface area contributed by atoms with Gasteiger partial charge in [-0.2, -0.15) is 8.78 Å². The van der Waals surface area contributed by atoms with Crippen LogP contribution in [0.4, 0.5) is 14.5 Å². The lowest BCUT2D eigenvalue weighted by atomic mass is 10.0. The maximum atomic E-state index is 13.0. The highest BCUT2D eigenvalue weighted by Gasteiger charge is 2.26. The fourth-order valence-electron chi connectivity index (χ4n) is 3.86. The quantitative estimate of drug-likeness (QED) is 0.194. The highest BCUT2D eigenvalue weighted by Crippen LogP contribution is 2.37. The second kappa shape index (κ2) is 13.6. The van der Waals surface area contributed by atoms with Crippen molar-refractivity contribution in [1.82, 2.24) is 4.72 Å². The number of carbonyl (C=O) groups excluding carboxylic acids is 1. The smallest absolute Gasteiger partial charge is 0.387 e. The Kier molecular flexibility index (Phi) is 10.2. The Bertz CT molecular complexity index is 1450. The Morgan fingerprint density at radius 3 is 2.39 bits per heavy atom. The zero-order chi connectivity index (χ0) is 29.6. The Labute approximate surface area is 245 Å². The molecule has 9 nitrogen and oxygen atoms in total. The molecule has 1 heterocycles. The maximum Gasteiger partial charge on any atom is 0.387 e. The summed E-state index contributed by atoms with van der Waals surface area (Å²) in [5.74, 6) is -1.05. The van der Waals surface area contributed by atoms with E-state index in [1.54, 1.807) is 24.3 Å². The zero-order valence-corrected chi connectivity index (χ0v) is 23.9. The van der Waals surface area contributed by atoms with Crippen molar-refractivity contribution in [3.63, 3.8) is 0 Å². The number of esters is 1. The molecule has 0 saturated heterocycles. The van der Waals surface area contributed by atoms with Crippen molar-refractivity contribution >= 4 is 44.9 Å². The van der Waals surface area contributed by atoms with E-state index in [0.29, 0.717) is 34.9 Å². The number of anilines is 1. The molecule has 1 fully saturated rings. The molecule has 1 saturated carbocycles. The van der Waals surface area contributed by atoms with E-state index in [0.717, 1.165) is 12.8 Å². The first kappa shape index (κ1) is 30.8. The number of carbonyl (C=O) groups is 1. The molecule has 2 aromatic carbocycles. The number of sulfonamides is 1. The van der Waals surface area contributed by atoms with Crippen LogP contribution < -0.4 is 24.9 Å². The summed E-state index contributed by atoms with van der Waals surface area (Å²) < 4.78 is 69.4. The molecule has 0 bridgehead atoms. The number of nitrogens with one attached hydrogen (secondary N) is 2. The van der Waals surface area contributed by atoms with Crippen LogP contribution in [0, 0.1) is 5.92 Å². The summed E-state index contributed by atoms with van der Waals surface area (Å²) >= 11 is 12.7. The molecule has 220 valence electrons. The molecule has 4 rings (SSSR count). The predicted octanol–water partition coefficient (Wildman–Crippen LogP) is 4.73. The van der Waals surface area contributed by atoms with Crippen LogP contribution in [0.1, 0.15) is 35.6 Å². The van der Waals surface area contributed by atoms with Crippen molar-refractivity contribution in [3.05, 3.63) is 81.6 Å². The first-order valence-corrected chi connectivity index (χ1v) is 15.0. The molecular weight excluding hydrogens is 603 g/mol. The van der Waals surface area contributed by atoms with Crippen molar-refractivity contribution in [2.24, 2.45) is 5.92 Å². The summed E-state index contributed by atoms with van der Waals surface area (Å²) in [7, 11) is -3.89. The number of nitrogens with two attached hydrogens (primary N) is 1. The lowest BCUT2D eigenvalue weighted by Crippen LogP contribution is -2.32. The number of pyridine rings is 1. The topological polar surface area (TPSA) is 131 Å². The lowest BCUT2D eigenvalue weighted by molar-refractivity contribution is -0.377. The molecule has 0 radical (unpaired) electrons. The van der Waals surface area contributed by atoms with Gasteiger partial charge in [0, 0.05) is 17.7 Å². The van der Waals surface area contributed by atoms with Crippen molar-refractivity contribution in [2.45, 2.75) is 37.7 Å². The minimum absolute atomic E-state index is 0.00656. The van der Waals surface area contributed by atoms with Crippen molar-refractivity contribution in [2.75, 3.05) is 18.9 Å². The Morgan fingerprint density at radius 1 is 1.07 bits per heavy atom. The van der Waals surface area contributed by atoms with Gasteiger partial charge in [0.15, 0.2) is 23.9 Å². The van der Waals surface area contributed by atoms with Gasteiger partial charge in [-0.05, 0) is 54.2 Å². The van der Waals surface area contributed by atoms with E-state index in [4.69, 9.17) is 38.4 Å². The third-order valence-corrected chi connectivity index (χ3v) is 8.13. The van der Waals surface area contributed by atoms with E-state index in [-0.39, 0.29) is 33.7 Å². The van der Waals surface area contributed by atoms with E-state index in [1.807, 2.05) is 0 Å². The minimum atomic E-state index is -3.89. The van der Waals surface area contributed by atoms with E-state index >= 15 is 0 Å². The van der Waals surface area contributed by atoms with Gasteiger partial charge in [-0.3, -0.25) is 4.79 Å². The number of alkyl halides is 2. The molecule has 14 heteroatoms. The molecule has 1 aromatic heterocycles. The number of halogens is 4.